The number of hydrogen-bond acceptors (Lipinski definition) is 9. The molecular weight excluding hydrogens is 693 g/mol. The smallest absolute Gasteiger partial charge is 0.305 e. The van der Waals surface area contributed by atoms with Gasteiger partial charge in [0.15, 0.2) is 0 Å². The van der Waals surface area contributed by atoms with Crippen molar-refractivity contribution in [1.82, 2.24) is 26.6 Å². The quantitative estimate of drug-likeness (QED) is 0.128. The minimum atomic E-state index is -0.993. The normalized spacial score (nSPS) is 23.4. The SMILES string of the molecule is CC(C)CC1CC(=O)N[C@@H](C(C)C)CC(=O)NC(CC(=O)N[C@H](CC(=O)O)CC(C)C)CCSSCCC(NC(=O)C[C@@H](N)C(C)C)CC(=O)N1. The lowest BCUT2D eigenvalue weighted by atomic mass is 9.97. The van der Waals surface area contributed by atoms with Crippen LogP contribution in [0.5, 0.6) is 0 Å². The summed E-state index contributed by atoms with van der Waals surface area (Å²) in [5.74, 6) is -0.665. The molecule has 0 spiro atoms. The van der Waals surface area contributed by atoms with E-state index in [0.29, 0.717) is 37.2 Å². The molecule has 294 valence electrons. The zero-order valence-corrected chi connectivity index (χ0v) is 33.7. The lowest BCUT2D eigenvalue weighted by molar-refractivity contribution is -0.138. The lowest BCUT2D eigenvalue weighted by Crippen LogP contribution is -2.48. The van der Waals surface area contributed by atoms with Gasteiger partial charge in [0.05, 0.1) is 6.42 Å². The largest absolute Gasteiger partial charge is 0.481 e. The number of nitrogens with two attached hydrogens (primary N) is 1. The second kappa shape index (κ2) is 24.7. The Labute approximate surface area is 313 Å². The fourth-order valence-electron chi connectivity index (χ4n) is 5.87. The zero-order chi connectivity index (χ0) is 38.7. The van der Waals surface area contributed by atoms with E-state index in [0.717, 1.165) is 0 Å². The van der Waals surface area contributed by atoms with E-state index in [2.05, 4.69) is 26.6 Å². The molecule has 1 aliphatic rings. The van der Waals surface area contributed by atoms with Crippen molar-refractivity contribution in [2.24, 2.45) is 29.4 Å². The molecule has 15 heteroatoms. The Morgan fingerprint density at radius 1 is 0.784 bits per heavy atom. The van der Waals surface area contributed by atoms with Crippen molar-refractivity contribution in [3.63, 3.8) is 0 Å². The van der Waals surface area contributed by atoms with E-state index in [1.807, 2.05) is 55.4 Å². The molecule has 0 bridgehead atoms. The second-order valence-corrected chi connectivity index (χ2v) is 18.2. The van der Waals surface area contributed by atoms with Gasteiger partial charge in [-0.3, -0.25) is 28.8 Å². The van der Waals surface area contributed by atoms with Gasteiger partial charge < -0.3 is 37.4 Å². The first-order valence-electron chi connectivity index (χ1n) is 18.5. The van der Waals surface area contributed by atoms with E-state index in [1.54, 1.807) is 21.6 Å². The van der Waals surface area contributed by atoms with E-state index in [9.17, 15) is 33.9 Å². The first kappa shape index (κ1) is 46.5. The summed E-state index contributed by atoms with van der Waals surface area (Å²) in [5, 5.41) is 24.2. The summed E-state index contributed by atoms with van der Waals surface area (Å²) in [6.45, 7) is 15.7. The highest BCUT2D eigenvalue weighted by molar-refractivity contribution is 8.76. The number of carboxylic acid groups (broad SMARTS) is 1. The molecule has 5 amide bonds. The summed E-state index contributed by atoms with van der Waals surface area (Å²) in [5.41, 5.74) is 6.14. The number of hydrogen-bond donors (Lipinski definition) is 7. The Kier molecular flexibility index (Phi) is 22.5. The Morgan fingerprint density at radius 2 is 1.37 bits per heavy atom. The highest BCUT2D eigenvalue weighted by Gasteiger charge is 2.27. The van der Waals surface area contributed by atoms with Gasteiger partial charge in [0.25, 0.3) is 0 Å². The molecule has 0 aromatic rings. The number of carboxylic acids is 1. The zero-order valence-electron chi connectivity index (χ0n) is 32.0. The standard InChI is InChI=1S/C36H66N6O7S2/c1-21(2)13-27-17-33(45)42-30(24(7)8)20-35(47)39-26(16-32(44)41-28(14-22(3)4)18-36(48)49)10-12-51-50-11-9-25(15-31(43)40-27)38-34(46)19-29(37)23(5)6/h21-30H,9-20,37H2,1-8H3,(H,38,46)(H,39,47)(H,40,43)(H,41,44)(H,42,45)(H,48,49)/t25?,26?,27?,28-,29+,30+/m0/s1. The topological polar surface area (TPSA) is 209 Å². The average Bonchev–Trinajstić information content (AvgIpc) is 2.96. The molecule has 1 fully saturated rings. The number of aliphatic carboxylic acids is 1. The fraction of sp³-hybridized carbons (Fsp3) is 0.833. The highest BCUT2D eigenvalue weighted by atomic mass is 33.1. The van der Waals surface area contributed by atoms with Gasteiger partial charge in [0.1, 0.15) is 0 Å². The Hall–Kier alpha value is -2.52. The van der Waals surface area contributed by atoms with Crippen LogP contribution in [0.25, 0.3) is 0 Å². The first-order valence-corrected chi connectivity index (χ1v) is 21.0. The van der Waals surface area contributed by atoms with Gasteiger partial charge in [-0.25, -0.2) is 0 Å². The van der Waals surface area contributed by atoms with E-state index in [1.165, 1.54) is 0 Å². The highest BCUT2D eigenvalue weighted by Crippen LogP contribution is 2.25. The van der Waals surface area contributed by atoms with Gasteiger partial charge in [-0.05, 0) is 49.4 Å². The summed E-state index contributed by atoms with van der Waals surface area (Å²) in [6.07, 6.45) is 2.18. The lowest BCUT2D eigenvalue weighted by Gasteiger charge is -2.26. The Balaban J connectivity index is 3.22. The predicted octanol–water partition coefficient (Wildman–Crippen LogP) is 3.74. The van der Waals surface area contributed by atoms with Gasteiger partial charge >= 0.3 is 5.97 Å². The molecule has 0 radical (unpaired) electrons. The van der Waals surface area contributed by atoms with Crippen LogP contribution in [0.2, 0.25) is 0 Å². The van der Waals surface area contributed by atoms with Crippen LogP contribution in [0.4, 0.5) is 0 Å². The Morgan fingerprint density at radius 3 is 1.94 bits per heavy atom. The number of carbonyl (C=O) groups excluding carboxylic acids is 5. The first-order chi connectivity index (χ1) is 23.8. The number of amides is 5. The average molecular weight is 759 g/mol. The van der Waals surface area contributed by atoms with Crippen LogP contribution in [-0.2, 0) is 28.8 Å². The molecule has 6 atom stereocenters. The molecule has 51 heavy (non-hydrogen) atoms. The molecule has 0 aromatic carbocycles. The summed E-state index contributed by atoms with van der Waals surface area (Å²) in [4.78, 5) is 77.4. The third kappa shape index (κ3) is 22.2. The van der Waals surface area contributed by atoms with Crippen LogP contribution in [0.3, 0.4) is 0 Å². The monoisotopic (exact) mass is 758 g/mol. The molecule has 0 aliphatic carbocycles. The van der Waals surface area contributed by atoms with Crippen molar-refractivity contribution in [3.05, 3.63) is 0 Å². The van der Waals surface area contributed by atoms with Crippen LogP contribution in [-0.4, -0.2) is 88.4 Å². The molecule has 1 aliphatic heterocycles. The molecular formula is C36H66N6O7S2. The van der Waals surface area contributed by atoms with Crippen LogP contribution in [0, 0.1) is 23.7 Å². The van der Waals surface area contributed by atoms with E-state index in [4.69, 9.17) is 5.73 Å². The maximum Gasteiger partial charge on any atom is 0.305 e. The summed E-state index contributed by atoms with van der Waals surface area (Å²) >= 11 is 0. The van der Waals surface area contributed by atoms with E-state index >= 15 is 0 Å². The molecule has 0 aromatic heterocycles. The third-order valence-corrected chi connectivity index (χ3v) is 11.2. The fourth-order valence-corrected chi connectivity index (χ4v) is 8.15. The molecule has 0 saturated carbocycles. The maximum atomic E-state index is 13.3. The molecule has 13 nitrogen and oxygen atoms in total. The van der Waals surface area contributed by atoms with Gasteiger partial charge in [-0.2, -0.15) is 0 Å². The summed E-state index contributed by atoms with van der Waals surface area (Å²) in [6, 6.07) is -2.65. The van der Waals surface area contributed by atoms with Crippen LogP contribution in [0.15, 0.2) is 0 Å². The molecule has 1 rings (SSSR count). The van der Waals surface area contributed by atoms with Gasteiger partial charge in [-0.15, -0.1) is 0 Å². The van der Waals surface area contributed by atoms with Crippen LogP contribution < -0.4 is 32.3 Å². The molecule has 3 unspecified atom stereocenters. The minimum Gasteiger partial charge on any atom is -0.481 e. The van der Waals surface area contributed by atoms with Gasteiger partial charge in [0.2, 0.25) is 29.5 Å². The summed E-state index contributed by atoms with van der Waals surface area (Å²) < 4.78 is 0. The number of rotatable bonds is 14. The van der Waals surface area contributed by atoms with Crippen molar-refractivity contribution in [2.45, 2.75) is 156 Å². The minimum absolute atomic E-state index is 0.0127. The van der Waals surface area contributed by atoms with Crippen molar-refractivity contribution >= 4 is 57.1 Å². The molecule has 1 saturated heterocycles. The van der Waals surface area contributed by atoms with Crippen LogP contribution in [0.1, 0.15) is 120 Å². The van der Waals surface area contributed by atoms with Gasteiger partial charge in [0, 0.05) is 79.9 Å². The van der Waals surface area contributed by atoms with Crippen LogP contribution >= 0.6 is 21.6 Å². The molecule has 8 N–H and O–H groups in total. The maximum absolute atomic E-state index is 13.3. The number of nitrogens with one attached hydrogen (secondary N) is 5. The van der Waals surface area contributed by atoms with Crippen molar-refractivity contribution in [1.29, 1.82) is 0 Å². The van der Waals surface area contributed by atoms with E-state index in [-0.39, 0.29) is 97.8 Å². The predicted molar refractivity (Wildman–Crippen MR) is 206 cm³/mol. The van der Waals surface area contributed by atoms with Crippen molar-refractivity contribution in [3.8, 4) is 0 Å². The number of carbonyl (C=O) groups is 6. The second-order valence-electron chi connectivity index (χ2n) is 15.5. The van der Waals surface area contributed by atoms with E-state index < -0.39 is 36.2 Å². The Bertz CT molecular complexity index is 1120. The van der Waals surface area contributed by atoms with Gasteiger partial charge in [-0.1, -0.05) is 77.0 Å². The van der Waals surface area contributed by atoms with Crippen molar-refractivity contribution in [2.75, 3.05) is 11.5 Å². The molecule has 1 heterocycles. The summed E-state index contributed by atoms with van der Waals surface area (Å²) in [7, 11) is 3.16. The van der Waals surface area contributed by atoms with Crippen molar-refractivity contribution < 1.29 is 33.9 Å². The third-order valence-electron chi connectivity index (χ3n) is 8.71.